The predicted molar refractivity (Wildman–Crippen MR) is 57.6 cm³/mol. The summed E-state index contributed by atoms with van der Waals surface area (Å²) in [5.41, 5.74) is 0.213. The summed E-state index contributed by atoms with van der Waals surface area (Å²) < 4.78 is 39.6. The van der Waals surface area contributed by atoms with Gasteiger partial charge in [0.25, 0.3) is 0 Å². The number of nitrogens with one attached hydrogen (secondary N) is 1. The molecular formula is C10H12F3N3O3. The average molecular weight is 279 g/mol. The highest BCUT2D eigenvalue weighted by Gasteiger charge is 2.27. The molecule has 0 spiro atoms. The van der Waals surface area contributed by atoms with Gasteiger partial charge < -0.3 is 15.2 Å². The predicted octanol–water partition coefficient (Wildman–Crippen LogP) is 0.843. The maximum Gasteiger partial charge on any atom is 0.411 e. The molecule has 0 aromatic carbocycles. The Morgan fingerprint density at radius 1 is 1.47 bits per heavy atom. The van der Waals surface area contributed by atoms with E-state index in [1.165, 1.54) is 6.33 Å². The molecule has 0 atom stereocenters. The molecule has 2 N–H and O–H groups in total. The molecule has 9 heteroatoms. The molecule has 0 saturated heterocycles. The Hall–Kier alpha value is -1.74. The first kappa shape index (κ1) is 15.3. The fourth-order valence-corrected chi connectivity index (χ4v) is 1.21. The van der Waals surface area contributed by atoms with Crippen molar-refractivity contribution in [3.8, 4) is 0 Å². The van der Waals surface area contributed by atoms with Crippen LogP contribution in [-0.2, 0) is 11.3 Å². The van der Waals surface area contributed by atoms with Gasteiger partial charge >= 0.3 is 12.1 Å². The normalized spacial score (nSPS) is 11.5. The molecule has 1 heterocycles. The zero-order valence-corrected chi connectivity index (χ0v) is 9.78. The summed E-state index contributed by atoms with van der Waals surface area (Å²) in [5, 5.41) is 11.6. The molecule has 0 amide bonds. The molecule has 6 nitrogen and oxygen atoms in total. The maximum atomic E-state index is 11.7. The lowest BCUT2D eigenvalue weighted by molar-refractivity contribution is -0.173. The third kappa shape index (κ3) is 6.11. The van der Waals surface area contributed by atoms with Gasteiger partial charge in [0, 0.05) is 19.3 Å². The Morgan fingerprint density at radius 2 is 2.21 bits per heavy atom. The van der Waals surface area contributed by atoms with Gasteiger partial charge in [0.1, 0.15) is 18.5 Å². The number of carboxylic acids is 1. The van der Waals surface area contributed by atoms with Crippen LogP contribution >= 0.6 is 0 Å². The first-order valence-corrected chi connectivity index (χ1v) is 5.27. The van der Waals surface area contributed by atoms with Crippen molar-refractivity contribution in [2.75, 3.05) is 19.8 Å². The molecule has 1 rings (SSSR count). The van der Waals surface area contributed by atoms with Crippen LogP contribution in [-0.4, -0.2) is 47.0 Å². The van der Waals surface area contributed by atoms with E-state index in [4.69, 9.17) is 5.11 Å². The summed E-state index contributed by atoms with van der Waals surface area (Å²) in [7, 11) is 0. The molecule has 0 saturated carbocycles. The number of hydrogen-bond donors (Lipinski definition) is 2. The van der Waals surface area contributed by atoms with Crippen molar-refractivity contribution in [1.29, 1.82) is 0 Å². The molecule has 106 valence electrons. The van der Waals surface area contributed by atoms with Crippen LogP contribution in [0.25, 0.3) is 0 Å². The lowest BCUT2D eigenvalue weighted by Gasteiger charge is -2.09. The molecule has 19 heavy (non-hydrogen) atoms. The first-order valence-electron chi connectivity index (χ1n) is 5.27. The molecule has 0 aliphatic rings. The van der Waals surface area contributed by atoms with Crippen LogP contribution in [0.4, 0.5) is 13.2 Å². The summed E-state index contributed by atoms with van der Waals surface area (Å²) in [6, 6.07) is 0. The molecule has 0 unspecified atom stereocenters. The SMILES string of the molecule is O=C(O)c1cncnc1CNCCOCC(F)(F)F. The molecule has 0 aliphatic heterocycles. The zero-order valence-electron chi connectivity index (χ0n) is 9.78. The van der Waals surface area contributed by atoms with Crippen LogP contribution in [0.2, 0.25) is 0 Å². The number of ether oxygens (including phenoxy) is 1. The van der Waals surface area contributed by atoms with E-state index in [-0.39, 0.29) is 31.0 Å². The number of carbonyl (C=O) groups is 1. The van der Waals surface area contributed by atoms with E-state index in [0.29, 0.717) is 0 Å². The molecule has 0 radical (unpaired) electrons. The Bertz CT molecular complexity index is 426. The standard InChI is InChI=1S/C10H12F3N3O3/c11-10(12,13)5-19-2-1-14-4-8-7(9(17)18)3-15-6-16-8/h3,6,14H,1-2,4-5H2,(H,17,18). The van der Waals surface area contributed by atoms with Crippen molar-refractivity contribution in [2.24, 2.45) is 0 Å². The van der Waals surface area contributed by atoms with Crippen LogP contribution in [0.5, 0.6) is 0 Å². The zero-order chi connectivity index (χ0) is 14.3. The third-order valence-corrected chi connectivity index (χ3v) is 2.01. The van der Waals surface area contributed by atoms with Crippen LogP contribution in [0.15, 0.2) is 12.5 Å². The van der Waals surface area contributed by atoms with Crippen LogP contribution in [0.3, 0.4) is 0 Å². The van der Waals surface area contributed by atoms with Gasteiger partial charge in [-0.15, -0.1) is 0 Å². The fourth-order valence-electron chi connectivity index (χ4n) is 1.21. The van der Waals surface area contributed by atoms with Crippen LogP contribution in [0.1, 0.15) is 16.1 Å². The number of aromatic carboxylic acids is 1. The topological polar surface area (TPSA) is 84.3 Å². The number of rotatable bonds is 7. The highest BCUT2D eigenvalue weighted by atomic mass is 19.4. The smallest absolute Gasteiger partial charge is 0.411 e. The number of aromatic nitrogens is 2. The molecule has 0 fully saturated rings. The van der Waals surface area contributed by atoms with Crippen molar-refractivity contribution in [3.05, 3.63) is 23.8 Å². The van der Waals surface area contributed by atoms with Crippen molar-refractivity contribution < 1.29 is 27.8 Å². The minimum Gasteiger partial charge on any atom is -0.478 e. The summed E-state index contributed by atoms with van der Waals surface area (Å²) in [6.45, 7) is -1.17. The van der Waals surface area contributed by atoms with E-state index in [1.54, 1.807) is 0 Å². The summed E-state index contributed by atoms with van der Waals surface area (Å²) in [5.74, 6) is -1.16. The molecule has 0 aliphatic carbocycles. The van der Waals surface area contributed by atoms with Crippen molar-refractivity contribution >= 4 is 5.97 Å². The fraction of sp³-hybridized carbons (Fsp3) is 0.500. The summed E-state index contributed by atoms with van der Waals surface area (Å²) in [4.78, 5) is 18.2. The second kappa shape index (κ2) is 7.00. The van der Waals surface area contributed by atoms with Gasteiger partial charge in [-0.1, -0.05) is 0 Å². The second-order valence-corrected chi connectivity index (χ2v) is 3.53. The van der Waals surface area contributed by atoms with Crippen molar-refractivity contribution in [2.45, 2.75) is 12.7 Å². The second-order valence-electron chi connectivity index (χ2n) is 3.53. The van der Waals surface area contributed by atoms with Crippen LogP contribution in [0, 0.1) is 0 Å². The molecular weight excluding hydrogens is 267 g/mol. The van der Waals surface area contributed by atoms with E-state index < -0.39 is 18.8 Å². The molecule has 1 aromatic rings. The monoisotopic (exact) mass is 279 g/mol. The highest BCUT2D eigenvalue weighted by molar-refractivity contribution is 5.88. The highest BCUT2D eigenvalue weighted by Crippen LogP contribution is 2.13. The average Bonchev–Trinajstić information content (AvgIpc) is 2.32. The quantitative estimate of drug-likeness (QED) is 0.720. The third-order valence-electron chi connectivity index (χ3n) is 2.01. The number of carboxylic acid groups (broad SMARTS) is 1. The number of nitrogens with zero attached hydrogens (tertiary/aromatic N) is 2. The minimum atomic E-state index is -4.34. The van der Waals surface area contributed by atoms with Gasteiger partial charge in [0.2, 0.25) is 0 Å². The van der Waals surface area contributed by atoms with E-state index in [1.807, 2.05) is 0 Å². The maximum absolute atomic E-state index is 11.7. The molecule has 0 bridgehead atoms. The summed E-state index contributed by atoms with van der Waals surface area (Å²) in [6.07, 6.45) is -1.99. The van der Waals surface area contributed by atoms with Gasteiger partial charge in [-0.3, -0.25) is 0 Å². The lowest BCUT2D eigenvalue weighted by Crippen LogP contribution is -2.24. The van der Waals surface area contributed by atoms with Gasteiger partial charge in [0.15, 0.2) is 0 Å². The van der Waals surface area contributed by atoms with Crippen molar-refractivity contribution in [3.63, 3.8) is 0 Å². The van der Waals surface area contributed by atoms with Gasteiger partial charge in [-0.2, -0.15) is 13.2 Å². The van der Waals surface area contributed by atoms with Crippen LogP contribution < -0.4 is 5.32 Å². The van der Waals surface area contributed by atoms with Gasteiger partial charge in [-0.25, -0.2) is 14.8 Å². The van der Waals surface area contributed by atoms with Gasteiger partial charge in [-0.05, 0) is 0 Å². The Kier molecular flexibility index (Phi) is 5.64. The minimum absolute atomic E-state index is 0.0498. The number of alkyl halides is 3. The Morgan fingerprint density at radius 3 is 2.84 bits per heavy atom. The first-order chi connectivity index (χ1) is 8.90. The van der Waals surface area contributed by atoms with Crippen molar-refractivity contribution in [1.82, 2.24) is 15.3 Å². The van der Waals surface area contributed by atoms with E-state index in [9.17, 15) is 18.0 Å². The Balaban J connectivity index is 2.28. The largest absolute Gasteiger partial charge is 0.478 e. The van der Waals surface area contributed by atoms with E-state index >= 15 is 0 Å². The number of halogens is 3. The Labute approximate surface area is 106 Å². The molecule has 1 aromatic heterocycles. The van der Waals surface area contributed by atoms with E-state index in [0.717, 1.165) is 6.20 Å². The summed E-state index contributed by atoms with van der Waals surface area (Å²) >= 11 is 0. The number of hydrogen-bond acceptors (Lipinski definition) is 5. The lowest BCUT2D eigenvalue weighted by atomic mass is 10.2. The van der Waals surface area contributed by atoms with Gasteiger partial charge in [0.05, 0.1) is 12.3 Å². The van der Waals surface area contributed by atoms with E-state index in [2.05, 4.69) is 20.0 Å².